The number of hydrogen-bond donors (Lipinski definition) is 0. The van der Waals surface area contributed by atoms with Gasteiger partial charge < -0.3 is 0 Å². The Morgan fingerprint density at radius 3 is 2.65 bits per heavy atom. The standard InChI is InChI=1S/C21H18ClF3N4OS/c22-17-12-26-9-3-4-16(17)20-19(14-5-7-15(8-6-14)21(23,24)25)27-13-18(28-20)29-10-1-2-11-31(29)30/h3-9,12-13,16H,1-2,10-11H2. The third-order valence-electron chi connectivity index (χ3n) is 4.97. The first-order valence-corrected chi connectivity index (χ1v) is 11.3. The van der Waals surface area contributed by atoms with Crippen molar-refractivity contribution in [2.24, 2.45) is 4.99 Å². The van der Waals surface area contributed by atoms with Crippen LogP contribution in [0.4, 0.5) is 19.0 Å². The van der Waals surface area contributed by atoms with Gasteiger partial charge in [0, 0.05) is 35.3 Å². The molecule has 0 spiro atoms. The molecule has 2 aromatic rings. The topological polar surface area (TPSA) is 58.5 Å². The van der Waals surface area contributed by atoms with Crippen LogP contribution in [0, 0.1) is 0 Å². The van der Waals surface area contributed by atoms with Gasteiger partial charge in [-0.1, -0.05) is 29.8 Å². The molecule has 162 valence electrons. The van der Waals surface area contributed by atoms with Crippen LogP contribution >= 0.6 is 11.6 Å². The van der Waals surface area contributed by atoms with Crippen LogP contribution < -0.4 is 4.31 Å². The van der Waals surface area contributed by atoms with Gasteiger partial charge in [0.25, 0.3) is 0 Å². The van der Waals surface area contributed by atoms with Crippen LogP contribution in [0.25, 0.3) is 11.3 Å². The first kappa shape index (κ1) is 21.7. The average Bonchev–Trinajstić information content (AvgIpc) is 2.97. The lowest BCUT2D eigenvalue weighted by Gasteiger charge is -2.27. The molecule has 2 unspecified atom stereocenters. The number of aliphatic imine (C=N–C) groups is 1. The van der Waals surface area contributed by atoms with E-state index in [-0.39, 0.29) is 0 Å². The zero-order valence-electron chi connectivity index (χ0n) is 16.2. The fourth-order valence-electron chi connectivity index (χ4n) is 3.40. The minimum Gasteiger partial charge on any atom is -0.274 e. The fourth-order valence-corrected chi connectivity index (χ4v) is 4.93. The summed E-state index contributed by atoms with van der Waals surface area (Å²) in [6.07, 6.45) is 5.44. The zero-order valence-corrected chi connectivity index (χ0v) is 17.8. The normalized spacial score (nSPS) is 21.7. The maximum Gasteiger partial charge on any atom is 0.416 e. The van der Waals surface area contributed by atoms with E-state index < -0.39 is 28.6 Å². The number of anilines is 1. The van der Waals surface area contributed by atoms with Crippen LogP contribution in [0.3, 0.4) is 0 Å². The summed E-state index contributed by atoms with van der Waals surface area (Å²) in [6.45, 7) is 0.591. The zero-order chi connectivity index (χ0) is 22.0. The number of rotatable bonds is 3. The maximum absolute atomic E-state index is 13.0. The van der Waals surface area contributed by atoms with Crippen LogP contribution in [-0.2, 0) is 17.2 Å². The predicted octanol–water partition coefficient (Wildman–Crippen LogP) is 5.23. The second kappa shape index (κ2) is 8.92. The van der Waals surface area contributed by atoms with Gasteiger partial charge in [0.15, 0.2) is 5.82 Å². The van der Waals surface area contributed by atoms with Gasteiger partial charge in [0.2, 0.25) is 0 Å². The Bertz CT molecular complexity index is 1080. The highest BCUT2D eigenvalue weighted by molar-refractivity contribution is 7.86. The molecule has 0 bridgehead atoms. The van der Waals surface area contributed by atoms with E-state index in [1.165, 1.54) is 24.5 Å². The van der Waals surface area contributed by atoms with Gasteiger partial charge in [0.1, 0.15) is 11.0 Å². The lowest BCUT2D eigenvalue weighted by atomic mass is 9.97. The fraction of sp³-hybridized carbons (Fsp3) is 0.286. The Labute approximate surface area is 185 Å². The van der Waals surface area contributed by atoms with E-state index in [1.54, 1.807) is 22.7 Å². The number of nitrogens with zero attached hydrogens (tertiary/aromatic N) is 4. The molecule has 1 aromatic heterocycles. The van der Waals surface area contributed by atoms with Crippen molar-refractivity contribution in [2.75, 3.05) is 16.6 Å². The van der Waals surface area contributed by atoms with Crippen molar-refractivity contribution in [1.29, 1.82) is 0 Å². The van der Waals surface area contributed by atoms with E-state index >= 15 is 0 Å². The second-order valence-corrected chi connectivity index (χ2v) is 8.98. The average molecular weight is 467 g/mol. The minimum atomic E-state index is -4.43. The molecule has 5 nitrogen and oxygen atoms in total. The van der Waals surface area contributed by atoms with Gasteiger partial charge in [0.05, 0.1) is 29.1 Å². The summed E-state index contributed by atoms with van der Waals surface area (Å²) in [5, 5.41) is 0.393. The van der Waals surface area contributed by atoms with Crippen molar-refractivity contribution in [3.63, 3.8) is 0 Å². The second-order valence-electron chi connectivity index (χ2n) is 7.05. The van der Waals surface area contributed by atoms with Gasteiger partial charge in [-0.3, -0.25) is 14.3 Å². The van der Waals surface area contributed by atoms with E-state index in [2.05, 4.69) is 9.98 Å². The first-order chi connectivity index (χ1) is 14.8. The lowest BCUT2D eigenvalue weighted by molar-refractivity contribution is -0.137. The van der Waals surface area contributed by atoms with E-state index in [0.717, 1.165) is 25.0 Å². The molecular formula is C21H18ClF3N4OS. The molecule has 10 heteroatoms. The van der Waals surface area contributed by atoms with Gasteiger partial charge in [-0.2, -0.15) is 13.2 Å². The smallest absolute Gasteiger partial charge is 0.274 e. The molecule has 4 rings (SSSR count). The molecule has 1 saturated heterocycles. The summed E-state index contributed by atoms with van der Waals surface area (Å²) in [7, 11) is -1.20. The third-order valence-corrected chi connectivity index (χ3v) is 6.80. The highest BCUT2D eigenvalue weighted by Gasteiger charge is 2.31. The SMILES string of the molecule is O=S1CCCCN1c1cnc(-c2ccc(C(F)(F)F)cc2)c(C2C=CC=NC=C2Cl)n1. The molecular weight excluding hydrogens is 449 g/mol. The Balaban J connectivity index is 1.81. The summed E-state index contributed by atoms with van der Waals surface area (Å²) in [5.41, 5.74) is 0.600. The molecule has 0 aliphatic carbocycles. The van der Waals surface area contributed by atoms with Crippen LogP contribution in [0.5, 0.6) is 0 Å². The number of alkyl halides is 3. The van der Waals surface area contributed by atoms with Crippen molar-refractivity contribution in [3.05, 3.63) is 65.1 Å². The summed E-state index contributed by atoms with van der Waals surface area (Å²) in [4.78, 5) is 13.3. The quantitative estimate of drug-likeness (QED) is 0.622. The molecule has 2 aliphatic rings. The van der Waals surface area contributed by atoms with Gasteiger partial charge >= 0.3 is 6.18 Å². The summed E-state index contributed by atoms with van der Waals surface area (Å²) in [5.74, 6) is 0.508. The Morgan fingerprint density at radius 2 is 1.94 bits per heavy atom. The molecule has 0 N–H and O–H groups in total. The minimum absolute atomic E-state index is 0.393. The Hall–Kier alpha value is -2.52. The summed E-state index contributed by atoms with van der Waals surface area (Å²) in [6, 6.07) is 4.75. The molecule has 2 atom stereocenters. The third kappa shape index (κ3) is 4.72. The largest absolute Gasteiger partial charge is 0.416 e. The molecule has 31 heavy (non-hydrogen) atoms. The van der Waals surface area contributed by atoms with Crippen molar-refractivity contribution in [3.8, 4) is 11.3 Å². The van der Waals surface area contributed by atoms with Crippen LogP contribution in [0.15, 0.2) is 58.8 Å². The predicted molar refractivity (Wildman–Crippen MR) is 116 cm³/mol. The van der Waals surface area contributed by atoms with Crippen LogP contribution in [0.2, 0.25) is 0 Å². The molecule has 0 amide bonds. The van der Waals surface area contributed by atoms with Crippen molar-refractivity contribution < 1.29 is 17.4 Å². The summed E-state index contributed by atoms with van der Waals surface area (Å²) >= 11 is 6.44. The number of allylic oxidation sites excluding steroid dienone is 3. The molecule has 0 radical (unpaired) electrons. The van der Waals surface area contributed by atoms with Crippen molar-refractivity contribution in [2.45, 2.75) is 24.9 Å². The lowest BCUT2D eigenvalue weighted by Crippen LogP contribution is -2.34. The van der Waals surface area contributed by atoms with Gasteiger partial charge in [-0.25, -0.2) is 9.19 Å². The van der Waals surface area contributed by atoms with Crippen LogP contribution in [-0.4, -0.2) is 32.7 Å². The molecule has 1 aromatic carbocycles. The van der Waals surface area contributed by atoms with E-state index in [0.29, 0.717) is 40.1 Å². The Morgan fingerprint density at radius 1 is 1.16 bits per heavy atom. The van der Waals surface area contributed by atoms with E-state index in [4.69, 9.17) is 16.6 Å². The van der Waals surface area contributed by atoms with Crippen LogP contribution in [0.1, 0.15) is 30.0 Å². The van der Waals surface area contributed by atoms with Crippen molar-refractivity contribution >= 4 is 34.6 Å². The molecule has 3 heterocycles. The summed E-state index contributed by atoms with van der Waals surface area (Å²) < 4.78 is 53.1. The number of benzene rings is 1. The van der Waals surface area contributed by atoms with E-state index in [1.807, 2.05) is 0 Å². The molecule has 1 fully saturated rings. The molecule has 2 aliphatic heterocycles. The number of aromatic nitrogens is 2. The van der Waals surface area contributed by atoms with Gasteiger partial charge in [-0.15, -0.1) is 0 Å². The van der Waals surface area contributed by atoms with E-state index in [9.17, 15) is 17.4 Å². The van der Waals surface area contributed by atoms with Gasteiger partial charge in [-0.05, 0) is 31.1 Å². The van der Waals surface area contributed by atoms with Crippen molar-refractivity contribution in [1.82, 2.24) is 9.97 Å². The maximum atomic E-state index is 13.0. The first-order valence-electron chi connectivity index (χ1n) is 9.61. The molecule has 0 saturated carbocycles. The monoisotopic (exact) mass is 466 g/mol. The highest BCUT2D eigenvalue weighted by Crippen LogP contribution is 2.37. The highest BCUT2D eigenvalue weighted by atomic mass is 35.5. The number of halogens is 4. The number of hydrogen-bond acceptors (Lipinski definition) is 4. The Kier molecular flexibility index (Phi) is 6.24.